The second-order valence-electron chi connectivity index (χ2n) is 4.41. The molecule has 0 unspecified atom stereocenters. The van der Waals surface area contributed by atoms with Gasteiger partial charge in [0.1, 0.15) is 11.6 Å². The maximum atomic E-state index is 14.0. The second kappa shape index (κ2) is 6.01. The summed E-state index contributed by atoms with van der Waals surface area (Å²) in [6, 6.07) is 8.80. The third kappa shape index (κ3) is 3.08. The molecule has 0 aliphatic heterocycles. The highest BCUT2D eigenvalue weighted by Crippen LogP contribution is 2.28. The summed E-state index contributed by atoms with van der Waals surface area (Å²) in [6.07, 6.45) is 0. The topological polar surface area (TPSA) is 55.6 Å². The molecule has 2 rings (SSSR count). The van der Waals surface area contributed by atoms with Crippen molar-refractivity contribution in [1.29, 1.82) is 0 Å². The van der Waals surface area contributed by atoms with Gasteiger partial charge in [-0.3, -0.25) is 4.79 Å². The van der Waals surface area contributed by atoms with Crippen molar-refractivity contribution >= 4 is 28.9 Å². The van der Waals surface area contributed by atoms with Crippen molar-refractivity contribution in [2.75, 3.05) is 24.8 Å². The van der Waals surface area contributed by atoms with Crippen LogP contribution in [0.25, 0.3) is 0 Å². The van der Waals surface area contributed by atoms with Gasteiger partial charge in [-0.25, -0.2) is 4.39 Å². The Bertz CT molecular complexity index is 691. The molecule has 0 saturated heterocycles. The van der Waals surface area contributed by atoms with E-state index < -0.39 is 11.7 Å². The Hall–Kier alpha value is -2.27. The van der Waals surface area contributed by atoms with E-state index in [2.05, 4.69) is 0 Å². The van der Waals surface area contributed by atoms with Gasteiger partial charge in [0.15, 0.2) is 0 Å². The zero-order valence-electron chi connectivity index (χ0n) is 11.6. The molecule has 0 atom stereocenters. The summed E-state index contributed by atoms with van der Waals surface area (Å²) < 4.78 is 18.9. The number of methoxy groups -OCH3 is 1. The van der Waals surface area contributed by atoms with Gasteiger partial charge in [0, 0.05) is 18.1 Å². The molecule has 0 aliphatic rings. The van der Waals surface area contributed by atoms with E-state index in [-0.39, 0.29) is 5.56 Å². The number of carbonyl (C=O) groups is 1. The van der Waals surface area contributed by atoms with Gasteiger partial charge in [-0.05, 0) is 30.3 Å². The number of nitrogen functional groups attached to an aromatic ring is 1. The van der Waals surface area contributed by atoms with Crippen LogP contribution in [-0.2, 0) is 0 Å². The second-order valence-corrected chi connectivity index (χ2v) is 4.85. The average Bonchev–Trinajstić information content (AvgIpc) is 2.48. The largest absolute Gasteiger partial charge is 0.497 e. The van der Waals surface area contributed by atoms with Crippen LogP contribution in [0.3, 0.4) is 0 Å². The Kier molecular flexibility index (Phi) is 4.33. The van der Waals surface area contributed by atoms with E-state index >= 15 is 0 Å². The number of halogens is 2. The van der Waals surface area contributed by atoms with Crippen LogP contribution < -0.4 is 15.4 Å². The zero-order chi connectivity index (χ0) is 15.6. The zero-order valence-corrected chi connectivity index (χ0v) is 12.3. The minimum atomic E-state index is -0.660. The summed E-state index contributed by atoms with van der Waals surface area (Å²) in [6.45, 7) is 0. The third-order valence-corrected chi connectivity index (χ3v) is 3.30. The fourth-order valence-electron chi connectivity index (χ4n) is 1.89. The van der Waals surface area contributed by atoms with E-state index in [0.717, 1.165) is 6.07 Å². The number of amides is 1. The van der Waals surface area contributed by atoms with Crippen LogP contribution in [0.2, 0.25) is 5.02 Å². The Labute approximate surface area is 126 Å². The average molecular weight is 309 g/mol. The number of benzene rings is 2. The Morgan fingerprint density at radius 1 is 1.29 bits per heavy atom. The molecule has 0 fully saturated rings. The number of nitrogens with zero attached hydrogens (tertiary/aromatic N) is 1. The third-order valence-electron chi connectivity index (χ3n) is 3.07. The number of ether oxygens (including phenoxy) is 1. The molecule has 110 valence electrons. The molecule has 2 aromatic rings. The number of hydrogen-bond donors (Lipinski definition) is 1. The molecule has 2 aromatic carbocycles. The molecule has 1 amide bonds. The molecule has 0 bridgehead atoms. The van der Waals surface area contributed by atoms with Gasteiger partial charge in [0.25, 0.3) is 5.91 Å². The highest BCUT2D eigenvalue weighted by Gasteiger charge is 2.19. The number of rotatable bonds is 3. The van der Waals surface area contributed by atoms with E-state index in [1.165, 1.54) is 31.2 Å². The first-order valence-electron chi connectivity index (χ1n) is 6.10. The number of hydrogen-bond acceptors (Lipinski definition) is 3. The fraction of sp³-hybridized carbons (Fsp3) is 0.133. The summed E-state index contributed by atoms with van der Waals surface area (Å²) in [4.78, 5) is 13.6. The monoisotopic (exact) mass is 308 g/mol. The number of carbonyl (C=O) groups excluding carboxylic acids is 1. The first-order valence-corrected chi connectivity index (χ1v) is 6.48. The molecule has 0 aliphatic carbocycles. The molecule has 2 N–H and O–H groups in total. The number of anilines is 2. The van der Waals surface area contributed by atoms with Crippen molar-refractivity contribution in [2.45, 2.75) is 0 Å². The first-order chi connectivity index (χ1) is 9.93. The predicted octanol–water partition coefficient (Wildman–Crippen LogP) is 3.35. The minimum absolute atomic E-state index is 0.0716. The lowest BCUT2D eigenvalue weighted by atomic mass is 10.1. The SMILES string of the molecule is COc1ccc(C(=O)N(C)c2cc(Cl)ccc2N)c(F)c1. The van der Waals surface area contributed by atoms with Crippen LogP contribution >= 0.6 is 11.6 Å². The molecule has 0 saturated carbocycles. The van der Waals surface area contributed by atoms with Crippen LogP contribution in [0.1, 0.15) is 10.4 Å². The molecule has 21 heavy (non-hydrogen) atoms. The Morgan fingerprint density at radius 2 is 2.00 bits per heavy atom. The fourth-order valence-corrected chi connectivity index (χ4v) is 2.06. The van der Waals surface area contributed by atoms with Crippen molar-refractivity contribution in [3.8, 4) is 5.75 Å². The first kappa shape index (κ1) is 15.1. The van der Waals surface area contributed by atoms with E-state index in [1.807, 2.05) is 0 Å². The number of nitrogens with two attached hydrogens (primary N) is 1. The van der Waals surface area contributed by atoms with Gasteiger partial charge >= 0.3 is 0 Å². The minimum Gasteiger partial charge on any atom is -0.497 e. The van der Waals surface area contributed by atoms with Crippen LogP contribution in [-0.4, -0.2) is 20.1 Å². The van der Waals surface area contributed by atoms with Gasteiger partial charge in [-0.15, -0.1) is 0 Å². The highest BCUT2D eigenvalue weighted by atomic mass is 35.5. The smallest absolute Gasteiger partial charge is 0.261 e. The molecular formula is C15H14ClFN2O2. The van der Waals surface area contributed by atoms with E-state index in [1.54, 1.807) is 18.2 Å². The summed E-state index contributed by atoms with van der Waals surface area (Å²) in [5.74, 6) is -0.843. The van der Waals surface area contributed by atoms with Gasteiger partial charge in [-0.1, -0.05) is 11.6 Å². The Balaban J connectivity index is 2.37. The molecule has 0 heterocycles. The van der Waals surface area contributed by atoms with Crippen LogP contribution in [0, 0.1) is 5.82 Å². The van der Waals surface area contributed by atoms with Gasteiger partial charge in [-0.2, -0.15) is 0 Å². The van der Waals surface area contributed by atoms with Crippen molar-refractivity contribution < 1.29 is 13.9 Å². The molecule has 6 heteroatoms. The summed E-state index contributed by atoms with van der Waals surface area (Å²) in [5, 5.41) is 0.439. The quantitative estimate of drug-likeness (QED) is 0.885. The molecule has 0 spiro atoms. The lowest BCUT2D eigenvalue weighted by molar-refractivity contribution is 0.0989. The summed E-state index contributed by atoms with van der Waals surface area (Å²) in [5.41, 5.74) is 6.55. The van der Waals surface area contributed by atoms with E-state index in [4.69, 9.17) is 22.1 Å². The van der Waals surface area contributed by atoms with Gasteiger partial charge in [0.2, 0.25) is 0 Å². The summed E-state index contributed by atoms with van der Waals surface area (Å²) >= 11 is 5.90. The van der Waals surface area contributed by atoms with Crippen molar-refractivity contribution in [1.82, 2.24) is 0 Å². The van der Waals surface area contributed by atoms with Crippen LogP contribution in [0.15, 0.2) is 36.4 Å². The van der Waals surface area contributed by atoms with Crippen molar-refractivity contribution in [3.05, 3.63) is 52.8 Å². The highest BCUT2D eigenvalue weighted by molar-refractivity contribution is 6.31. The Morgan fingerprint density at radius 3 is 2.62 bits per heavy atom. The maximum Gasteiger partial charge on any atom is 0.261 e. The van der Waals surface area contributed by atoms with E-state index in [0.29, 0.717) is 22.1 Å². The maximum absolute atomic E-state index is 14.0. The molecule has 0 aromatic heterocycles. The van der Waals surface area contributed by atoms with Crippen molar-refractivity contribution in [3.63, 3.8) is 0 Å². The van der Waals surface area contributed by atoms with E-state index in [9.17, 15) is 9.18 Å². The predicted molar refractivity (Wildman–Crippen MR) is 81.5 cm³/mol. The molecular weight excluding hydrogens is 295 g/mol. The van der Waals surface area contributed by atoms with Gasteiger partial charge in [0.05, 0.1) is 24.0 Å². The van der Waals surface area contributed by atoms with Crippen LogP contribution in [0.4, 0.5) is 15.8 Å². The lowest BCUT2D eigenvalue weighted by Gasteiger charge is -2.20. The molecule has 0 radical (unpaired) electrons. The normalized spacial score (nSPS) is 10.3. The molecule has 4 nitrogen and oxygen atoms in total. The standard InChI is InChI=1S/C15H14ClFN2O2/c1-19(14-7-9(16)3-6-13(14)18)15(20)11-5-4-10(21-2)8-12(11)17/h3-8H,18H2,1-2H3. The van der Waals surface area contributed by atoms with Crippen LogP contribution in [0.5, 0.6) is 5.75 Å². The van der Waals surface area contributed by atoms with Gasteiger partial charge < -0.3 is 15.4 Å². The van der Waals surface area contributed by atoms with Crippen molar-refractivity contribution in [2.24, 2.45) is 0 Å². The lowest BCUT2D eigenvalue weighted by Crippen LogP contribution is -2.27. The summed E-state index contributed by atoms with van der Waals surface area (Å²) in [7, 11) is 2.93.